The SMILES string of the molecule is CSc1sc(Sc2ccccc2)[n+](C)c1-c1ccccc1. The van der Waals surface area contributed by atoms with Crippen molar-refractivity contribution in [2.24, 2.45) is 7.05 Å². The first kappa shape index (κ1) is 14.7. The maximum atomic E-state index is 2.31. The standard InChI is InChI=1S/C17H16NS3/c1-18-15(13-9-5-3-6-10-13)16(19-2)21-17(18)20-14-11-7-4-8-12-14/h3-12H,1-2H3/q+1. The van der Waals surface area contributed by atoms with Crippen molar-refractivity contribution in [3.8, 4) is 11.3 Å². The molecule has 0 aliphatic heterocycles. The van der Waals surface area contributed by atoms with Gasteiger partial charge in [0.2, 0.25) is 5.69 Å². The molecule has 1 heterocycles. The molecule has 0 spiro atoms. The fraction of sp³-hybridized carbons (Fsp3) is 0.118. The summed E-state index contributed by atoms with van der Waals surface area (Å²) in [5.41, 5.74) is 2.59. The molecule has 21 heavy (non-hydrogen) atoms. The van der Waals surface area contributed by atoms with Crippen LogP contribution in [0.15, 0.2) is 74.1 Å². The molecule has 0 fully saturated rings. The van der Waals surface area contributed by atoms with E-state index in [1.807, 2.05) is 34.9 Å². The van der Waals surface area contributed by atoms with Gasteiger partial charge in [-0.1, -0.05) is 36.4 Å². The number of aromatic nitrogens is 1. The third-order valence-corrected chi connectivity index (χ3v) is 6.76. The third kappa shape index (κ3) is 3.18. The normalized spacial score (nSPS) is 10.8. The maximum absolute atomic E-state index is 2.31. The number of nitrogens with zero attached hydrogens (tertiary/aromatic N) is 1. The number of thiazole rings is 1. The lowest BCUT2D eigenvalue weighted by atomic mass is 10.2. The third-order valence-electron chi connectivity index (χ3n) is 3.16. The van der Waals surface area contributed by atoms with E-state index < -0.39 is 0 Å². The number of hydrogen-bond acceptors (Lipinski definition) is 3. The molecule has 0 bridgehead atoms. The summed E-state index contributed by atoms with van der Waals surface area (Å²) in [6, 6.07) is 21.2. The molecule has 0 aliphatic carbocycles. The van der Waals surface area contributed by atoms with Gasteiger partial charge >= 0.3 is 4.34 Å². The Morgan fingerprint density at radius 1 is 0.905 bits per heavy atom. The molecule has 2 aromatic carbocycles. The van der Waals surface area contributed by atoms with Gasteiger partial charge in [-0.3, -0.25) is 0 Å². The van der Waals surface area contributed by atoms with Gasteiger partial charge in [-0.05, 0) is 53.6 Å². The molecule has 0 saturated heterocycles. The lowest BCUT2D eigenvalue weighted by molar-refractivity contribution is -0.692. The van der Waals surface area contributed by atoms with Crippen molar-refractivity contribution in [1.82, 2.24) is 0 Å². The average molecular weight is 331 g/mol. The number of hydrogen-bond donors (Lipinski definition) is 0. The molecule has 0 radical (unpaired) electrons. The first-order chi connectivity index (χ1) is 10.3. The minimum Gasteiger partial charge on any atom is -0.178 e. The lowest BCUT2D eigenvalue weighted by Gasteiger charge is -1.98. The van der Waals surface area contributed by atoms with E-state index in [4.69, 9.17) is 0 Å². The average Bonchev–Trinajstić information content (AvgIpc) is 2.85. The van der Waals surface area contributed by atoms with E-state index in [0.29, 0.717) is 0 Å². The van der Waals surface area contributed by atoms with Gasteiger partial charge in [0, 0.05) is 10.5 Å². The van der Waals surface area contributed by atoms with Gasteiger partial charge in [-0.25, -0.2) is 0 Å². The van der Waals surface area contributed by atoms with Crippen LogP contribution in [0.2, 0.25) is 0 Å². The Hall–Kier alpha value is -1.23. The Labute approximate surface area is 138 Å². The second kappa shape index (κ2) is 6.69. The Balaban J connectivity index is 2.02. The van der Waals surface area contributed by atoms with Gasteiger partial charge in [0.05, 0.1) is 0 Å². The van der Waals surface area contributed by atoms with Crippen LogP contribution in [0.4, 0.5) is 0 Å². The number of benzene rings is 2. The van der Waals surface area contributed by atoms with E-state index >= 15 is 0 Å². The highest BCUT2D eigenvalue weighted by Gasteiger charge is 2.25. The van der Waals surface area contributed by atoms with Crippen molar-refractivity contribution >= 4 is 34.9 Å². The van der Waals surface area contributed by atoms with E-state index in [-0.39, 0.29) is 0 Å². The molecule has 4 heteroatoms. The maximum Gasteiger partial charge on any atom is 0.303 e. The van der Waals surface area contributed by atoms with E-state index in [1.165, 1.54) is 24.7 Å². The van der Waals surface area contributed by atoms with Gasteiger partial charge in [0.25, 0.3) is 0 Å². The molecule has 0 atom stereocenters. The summed E-state index contributed by atoms with van der Waals surface area (Å²) in [6.07, 6.45) is 2.15. The minimum absolute atomic E-state index is 1.28. The Morgan fingerprint density at radius 2 is 1.52 bits per heavy atom. The number of rotatable bonds is 4. The Bertz CT molecular complexity index is 721. The summed E-state index contributed by atoms with van der Waals surface area (Å²) < 4.78 is 4.98. The smallest absolute Gasteiger partial charge is 0.178 e. The fourth-order valence-electron chi connectivity index (χ4n) is 2.15. The van der Waals surface area contributed by atoms with Crippen LogP contribution in [-0.4, -0.2) is 6.26 Å². The lowest BCUT2D eigenvalue weighted by Crippen LogP contribution is -2.30. The predicted molar refractivity (Wildman–Crippen MR) is 93.3 cm³/mol. The molecule has 1 aromatic heterocycles. The van der Waals surface area contributed by atoms with Crippen LogP contribution in [0.1, 0.15) is 0 Å². The Morgan fingerprint density at radius 3 is 2.14 bits per heavy atom. The van der Waals surface area contributed by atoms with E-state index in [0.717, 1.165) is 0 Å². The molecule has 0 aliphatic rings. The first-order valence-electron chi connectivity index (χ1n) is 6.64. The monoisotopic (exact) mass is 330 g/mol. The molecule has 106 valence electrons. The molecule has 0 N–H and O–H groups in total. The summed E-state index contributed by atoms with van der Waals surface area (Å²) in [7, 11) is 2.16. The zero-order valence-corrected chi connectivity index (χ0v) is 14.4. The molecule has 1 nitrogen and oxygen atoms in total. The summed E-state index contributed by atoms with van der Waals surface area (Å²) in [4.78, 5) is 1.28. The highest BCUT2D eigenvalue weighted by Crippen LogP contribution is 2.39. The molecular weight excluding hydrogens is 314 g/mol. The summed E-state index contributed by atoms with van der Waals surface area (Å²) in [5, 5.41) is 0. The summed E-state index contributed by atoms with van der Waals surface area (Å²) in [5.74, 6) is 0. The first-order valence-corrected chi connectivity index (χ1v) is 9.50. The van der Waals surface area contributed by atoms with Crippen LogP contribution in [0, 0.1) is 0 Å². The van der Waals surface area contributed by atoms with Crippen molar-refractivity contribution < 1.29 is 4.57 Å². The van der Waals surface area contributed by atoms with Gasteiger partial charge < -0.3 is 0 Å². The second-order valence-electron chi connectivity index (χ2n) is 4.55. The zero-order chi connectivity index (χ0) is 14.7. The van der Waals surface area contributed by atoms with Gasteiger partial charge in [-0.15, -0.1) is 11.8 Å². The fourth-order valence-corrected chi connectivity index (χ4v) is 5.49. The summed E-state index contributed by atoms with van der Waals surface area (Å²) in [6.45, 7) is 0. The quantitative estimate of drug-likeness (QED) is 0.483. The van der Waals surface area contributed by atoms with E-state index in [1.54, 1.807) is 0 Å². The predicted octanol–water partition coefficient (Wildman–Crippen LogP) is 5.11. The zero-order valence-electron chi connectivity index (χ0n) is 11.9. The van der Waals surface area contributed by atoms with Crippen LogP contribution in [0.5, 0.6) is 0 Å². The van der Waals surface area contributed by atoms with Crippen molar-refractivity contribution in [1.29, 1.82) is 0 Å². The topological polar surface area (TPSA) is 3.88 Å². The van der Waals surface area contributed by atoms with Gasteiger partial charge in [-0.2, -0.15) is 4.57 Å². The van der Waals surface area contributed by atoms with Gasteiger partial charge in [0.15, 0.2) is 0 Å². The van der Waals surface area contributed by atoms with Gasteiger partial charge in [0.1, 0.15) is 11.3 Å². The largest absolute Gasteiger partial charge is 0.303 e. The van der Waals surface area contributed by atoms with E-state index in [9.17, 15) is 0 Å². The van der Waals surface area contributed by atoms with Crippen LogP contribution in [0.25, 0.3) is 11.3 Å². The van der Waals surface area contributed by atoms with Crippen molar-refractivity contribution in [3.63, 3.8) is 0 Å². The van der Waals surface area contributed by atoms with Crippen molar-refractivity contribution in [2.45, 2.75) is 13.4 Å². The van der Waals surface area contributed by atoms with Crippen LogP contribution < -0.4 is 4.57 Å². The van der Waals surface area contributed by atoms with E-state index in [2.05, 4.69) is 78.5 Å². The molecule has 0 amide bonds. The second-order valence-corrected chi connectivity index (χ2v) is 7.94. The van der Waals surface area contributed by atoms with Crippen molar-refractivity contribution in [2.75, 3.05) is 6.26 Å². The Kier molecular flexibility index (Phi) is 4.68. The molecular formula is C17H16NS3+. The number of thioether (sulfide) groups is 1. The molecule has 3 rings (SSSR count). The minimum atomic E-state index is 1.28. The molecule has 0 saturated carbocycles. The highest BCUT2D eigenvalue weighted by molar-refractivity contribution is 8.03. The van der Waals surface area contributed by atoms with Crippen LogP contribution in [0.3, 0.4) is 0 Å². The van der Waals surface area contributed by atoms with Crippen LogP contribution in [-0.2, 0) is 7.05 Å². The van der Waals surface area contributed by atoms with Crippen molar-refractivity contribution in [3.05, 3.63) is 60.7 Å². The summed E-state index contributed by atoms with van der Waals surface area (Å²) >= 11 is 5.51. The molecule has 0 unspecified atom stereocenters. The molecule has 3 aromatic rings. The van der Waals surface area contributed by atoms with Crippen LogP contribution >= 0.6 is 34.9 Å². The highest BCUT2D eigenvalue weighted by atomic mass is 32.2.